The lowest BCUT2D eigenvalue weighted by Crippen LogP contribution is -2.44. The van der Waals surface area contributed by atoms with Gasteiger partial charge in [0.2, 0.25) is 0 Å². The Hall–Kier alpha value is -0.870. The van der Waals surface area contributed by atoms with Crippen LogP contribution in [0.25, 0.3) is 0 Å². The summed E-state index contributed by atoms with van der Waals surface area (Å²) in [4.78, 5) is 2.41. The van der Waals surface area contributed by atoms with E-state index in [0.29, 0.717) is 12.1 Å². The van der Waals surface area contributed by atoms with E-state index >= 15 is 0 Å². The predicted octanol–water partition coefficient (Wildman–Crippen LogP) is 1.65. The van der Waals surface area contributed by atoms with Gasteiger partial charge in [-0.05, 0) is 40.3 Å². The Morgan fingerprint density at radius 2 is 2.41 bits per heavy atom. The molecule has 1 saturated heterocycles. The molecule has 2 unspecified atom stereocenters. The van der Waals surface area contributed by atoms with E-state index in [1.807, 2.05) is 10.9 Å². The highest BCUT2D eigenvalue weighted by Gasteiger charge is 2.19. The summed E-state index contributed by atoms with van der Waals surface area (Å²) in [6.07, 6.45) is 6.71. The maximum atomic E-state index is 4.33. The fourth-order valence-electron chi connectivity index (χ4n) is 2.53. The molecule has 0 radical (unpaired) electrons. The highest BCUT2D eigenvalue weighted by molar-refractivity contribution is 5.09. The fourth-order valence-corrected chi connectivity index (χ4v) is 2.53. The second-order valence-corrected chi connectivity index (χ2v) is 5.12. The Bertz CT molecular complexity index is 347. The lowest BCUT2D eigenvalue weighted by Gasteiger charge is -2.32. The van der Waals surface area contributed by atoms with Crippen molar-refractivity contribution in [3.05, 3.63) is 18.0 Å². The summed E-state index contributed by atoms with van der Waals surface area (Å²) < 4.78 is 1.99. The van der Waals surface area contributed by atoms with Gasteiger partial charge in [0, 0.05) is 36.9 Å². The first-order valence-corrected chi connectivity index (χ1v) is 6.66. The minimum Gasteiger partial charge on any atom is -0.306 e. The number of nitrogens with zero attached hydrogens (tertiary/aromatic N) is 3. The van der Waals surface area contributed by atoms with Crippen molar-refractivity contribution in [1.82, 2.24) is 20.0 Å². The lowest BCUT2D eigenvalue weighted by atomic mass is 10.0. The van der Waals surface area contributed by atoms with E-state index in [9.17, 15) is 0 Å². The largest absolute Gasteiger partial charge is 0.306 e. The smallest absolute Gasteiger partial charge is 0.0537 e. The van der Waals surface area contributed by atoms with Crippen molar-refractivity contribution in [2.24, 2.45) is 0 Å². The Balaban J connectivity index is 1.89. The summed E-state index contributed by atoms with van der Waals surface area (Å²) >= 11 is 0. The van der Waals surface area contributed by atoms with Crippen LogP contribution in [-0.2, 0) is 6.54 Å². The second kappa shape index (κ2) is 5.65. The van der Waals surface area contributed by atoms with Gasteiger partial charge in [-0.1, -0.05) is 0 Å². The maximum absolute atomic E-state index is 4.33. The minimum absolute atomic E-state index is 0.395. The first-order chi connectivity index (χ1) is 8.19. The van der Waals surface area contributed by atoms with Crippen molar-refractivity contribution >= 4 is 0 Å². The van der Waals surface area contributed by atoms with Crippen LogP contribution in [0.5, 0.6) is 0 Å². The van der Waals surface area contributed by atoms with E-state index < -0.39 is 0 Å². The quantitative estimate of drug-likeness (QED) is 0.863. The number of piperidine rings is 1. The van der Waals surface area contributed by atoms with Crippen molar-refractivity contribution in [2.75, 3.05) is 20.1 Å². The summed E-state index contributed by atoms with van der Waals surface area (Å²) in [6.45, 7) is 7.68. The number of hydrogen-bond acceptors (Lipinski definition) is 3. The van der Waals surface area contributed by atoms with Crippen LogP contribution >= 0.6 is 0 Å². The average Bonchev–Trinajstić information content (AvgIpc) is 2.77. The molecule has 17 heavy (non-hydrogen) atoms. The fraction of sp³-hybridized carbons (Fsp3) is 0.769. The normalized spacial score (nSPS) is 23.8. The summed E-state index contributed by atoms with van der Waals surface area (Å²) in [5.74, 6) is 0. The van der Waals surface area contributed by atoms with Gasteiger partial charge in [-0.2, -0.15) is 5.10 Å². The molecule has 96 valence electrons. The molecular weight excluding hydrogens is 212 g/mol. The molecule has 0 bridgehead atoms. The third kappa shape index (κ3) is 3.30. The van der Waals surface area contributed by atoms with Crippen LogP contribution in [0, 0.1) is 0 Å². The second-order valence-electron chi connectivity index (χ2n) is 5.12. The van der Waals surface area contributed by atoms with Gasteiger partial charge in [0.25, 0.3) is 0 Å². The maximum Gasteiger partial charge on any atom is 0.0537 e. The monoisotopic (exact) mass is 236 g/mol. The third-order valence-electron chi connectivity index (χ3n) is 3.59. The Morgan fingerprint density at radius 1 is 1.59 bits per heavy atom. The molecule has 1 aliphatic rings. The van der Waals surface area contributed by atoms with Crippen LogP contribution in [0.2, 0.25) is 0 Å². The van der Waals surface area contributed by atoms with Gasteiger partial charge in [-0.15, -0.1) is 0 Å². The SMILES string of the molecule is CCn1cc(C(C)NC2CCCN(C)C2)cn1. The number of likely N-dealkylation sites (N-methyl/N-ethyl adjacent to an activating group) is 1. The molecule has 1 aromatic heterocycles. The summed E-state index contributed by atoms with van der Waals surface area (Å²) in [7, 11) is 2.20. The van der Waals surface area contributed by atoms with Crippen LogP contribution in [0.15, 0.2) is 12.4 Å². The molecule has 0 spiro atoms. The van der Waals surface area contributed by atoms with Crippen molar-refractivity contribution < 1.29 is 0 Å². The van der Waals surface area contributed by atoms with Crippen molar-refractivity contribution in [1.29, 1.82) is 0 Å². The minimum atomic E-state index is 0.395. The van der Waals surface area contributed by atoms with Gasteiger partial charge >= 0.3 is 0 Å². The average molecular weight is 236 g/mol. The van der Waals surface area contributed by atoms with Gasteiger partial charge in [0.05, 0.1) is 6.20 Å². The molecule has 1 aromatic rings. The van der Waals surface area contributed by atoms with E-state index in [0.717, 1.165) is 13.1 Å². The lowest BCUT2D eigenvalue weighted by molar-refractivity contribution is 0.218. The number of likely N-dealkylation sites (tertiary alicyclic amines) is 1. The van der Waals surface area contributed by atoms with Gasteiger partial charge < -0.3 is 10.2 Å². The first kappa shape index (κ1) is 12.6. The molecule has 2 atom stereocenters. The van der Waals surface area contributed by atoms with Crippen LogP contribution in [-0.4, -0.2) is 40.9 Å². The zero-order valence-corrected chi connectivity index (χ0v) is 11.2. The first-order valence-electron chi connectivity index (χ1n) is 6.66. The third-order valence-corrected chi connectivity index (χ3v) is 3.59. The molecule has 4 nitrogen and oxygen atoms in total. The van der Waals surface area contributed by atoms with Crippen LogP contribution in [0.1, 0.15) is 38.3 Å². The van der Waals surface area contributed by atoms with E-state index in [4.69, 9.17) is 0 Å². The van der Waals surface area contributed by atoms with Gasteiger partial charge in [0.15, 0.2) is 0 Å². The molecular formula is C13H24N4. The number of aryl methyl sites for hydroxylation is 1. The summed E-state index contributed by atoms with van der Waals surface area (Å²) in [5, 5.41) is 8.04. The Morgan fingerprint density at radius 3 is 3.06 bits per heavy atom. The molecule has 0 saturated carbocycles. The van der Waals surface area contributed by atoms with Crippen molar-refractivity contribution in [3.8, 4) is 0 Å². The molecule has 4 heteroatoms. The Kier molecular flexibility index (Phi) is 4.18. The van der Waals surface area contributed by atoms with Crippen LogP contribution in [0.3, 0.4) is 0 Å². The van der Waals surface area contributed by atoms with Crippen LogP contribution < -0.4 is 5.32 Å². The number of rotatable bonds is 4. The highest BCUT2D eigenvalue weighted by atomic mass is 15.3. The summed E-state index contributed by atoms with van der Waals surface area (Å²) in [6, 6.07) is 1.01. The molecule has 2 rings (SSSR count). The van der Waals surface area contributed by atoms with E-state index in [1.165, 1.54) is 24.9 Å². The predicted molar refractivity (Wildman–Crippen MR) is 70.0 cm³/mol. The topological polar surface area (TPSA) is 33.1 Å². The molecule has 0 aliphatic carbocycles. The van der Waals surface area contributed by atoms with Crippen molar-refractivity contribution in [3.63, 3.8) is 0 Å². The Labute approximate surface area is 104 Å². The van der Waals surface area contributed by atoms with E-state index in [1.54, 1.807) is 0 Å². The molecule has 1 fully saturated rings. The summed E-state index contributed by atoms with van der Waals surface area (Å²) in [5.41, 5.74) is 1.29. The zero-order valence-electron chi connectivity index (χ0n) is 11.2. The number of nitrogens with one attached hydrogen (secondary N) is 1. The van der Waals surface area contributed by atoms with Gasteiger partial charge in [0.1, 0.15) is 0 Å². The molecule has 0 amide bonds. The highest BCUT2D eigenvalue weighted by Crippen LogP contribution is 2.15. The van der Waals surface area contributed by atoms with Gasteiger partial charge in [-0.3, -0.25) is 4.68 Å². The molecule has 1 aliphatic heterocycles. The zero-order chi connectivity index (χ0) is 12.3. The molecule has 0 aromatic carbocycles. The van der Waals surface area contributed by atoms with Crippen molar-refractivity contribution in [2.45, 2.75) is 45.3 Å². The van der Waals surface area contributed by atoms with E-state index in [2.05, 4.69) is 42.4 Å². The number of hydrogen-bond donors (Lipinski definition) is 1. The molecule has 1 N–H and O–H groups in total. The van der Waals surface area contributed by atoms with Crippen LogP contribution in [0.4, 0.5) is 0 Å². The standard InChI is InChI=1S/C13H24N4/c1-4-17-9-12(8-14-17)11(2)15-13-6-5-7-16(3)10-13/h8-9,11,13,15H,4-7,10H2,1-3H3. The number of aromatic nitrogens is 2. The van der Waals surface area contributed by atoms with E-state index in [-0.39, 0.29) is 0 Å². The molecule has 2 heterocycles. The van der Waals surface area contributed by atoms with Gasteiger partial charge in [-0.25, -0.2) is 0 Å².